The van der Waals surface area contributed by atoms with Gasteiger partial charge in [0.1, 0.15) is 11.5 Å². The number of nitrogens with zero attached hydrogens (tertiary/aromatic N) is 1. The number of rotatable bonds is 19. The third kappa shape index (κ3) is 11.0. The molecule has 1 aromatic heterocycles. The molecule has 0 aliphatic carbocycles. The molecule has 10 N–H and O–H groups in total. The average Bonchev–Trinajstić information content (AvgIpc) is 3.52. The lowest BCUT2D eigenvalue weighted by atomic mass is 9.86. The van der Waals surface area contributed by atoms with Crippen LogP contribution in [0.2, 0.25) is 0 Å². The smallest absolute Gasteiger partial charge is 0.224 e. The van der Waals surface area contributed by atoms with Gasteiger partial charge in [-0.2, -0.15) is 0 Å². The van der Waals surface area contributed by atoms with E-state index in [1.807, 2.05) is 74.6 Å². The number of benzene rings is 3. The van der Waals surface area contributed by atoms with Gasteiger partial charge in [-0.05, 0) is 85.5 Å². The van der Waals surface area contributed by atoms with E-state index >= 15 is 0 Å². The number of fused-ring (bicyclic) bond motifs is 1. The maximum atomic E-state index is 14.4. The fourth-order valence-electron chi connectivity index (χ4n) is 6.67. The highest BCUT2D eigenvalue weighted by molar-refractivity contribution is 5.95. The van der Waals surface area contributed by atoms with Gasteiger partial charge in [0.15, 0.2) is 11.7 Å². The largest absolute Gasteiger partial charge is 0.508 e. The molecule has 4 atom stereocenters. The van der Waals surface area contributed by atoms with E-state index in [0.29, 0.717) is 25.8 Å². The van der Waals surface area contributed by atoms with Crippen molar-refractivity contribution in [3.8, 4) is 5.75 Å². The molecule has 0 bridgehead atoms. The highest BCUT2D eigenvalue weighted by Crippen LogP contribution is 2.26. The van der Waals surface area contributed by atoms with E-state index in [9.17, 15) is 24.3 Å². The highest BCUT2D eigenvalue weighted by atomic mass is 16.3. The van der Waals surface area contributed by atoms with Gasteiger partial charge in [-0.1, -0.05) is 48.5 Å². The Morgan fingerprint density at radius 2 is 1.48 bits per heavy atom. The first-order chi connectivity index (χ1) is 24.9. The lowest BCUT2D eigenvalue weighted by Gasteiger charge is -2.25. The molecule has 0 aliphatic heterocycles. The summed E-state index contributed by atoms with van der Waals surface area (Å²) in [6, 6.07) is 18.5. The van der Waals surface area contributed by atoms with Gasteiger partial charge in [-0.25, -0.2) is 0 Å². The number of hydrogen-bond donors (Lipinski definition) is 7. The van der Waals surface area contributed by atoms with Crippen molar-refractivity contribution in [1.29, 1.82) is 0 Å². The lowest BCUT2D eigenvalue weighted by Crippen LogP contribution is -2.47. The standard InChI is InChI=1S/C40H51N7O5/c1-24-16-30(48)17-25(2)32(24)19-28(21-36(49)33(41)13-9-15-45-40(42)43)39(52)47-35(20-29-23-46-34-14-8-7-12-31(29)34)37(50)22-27(38(51)44-3)18-26-10-5-4-6-11-26/h4-8,10-12,14,16-17,23,27-28,33,35,46,48H,9,13,15,18-22,41H2,1-3H3,(H,44,51)(H,47,52)(H4,42,43,45)/t27-,28-,33-,35+/m1/s1. The first kappa shape index (κ1) is 39.3. The van der Waals surface area contributed by atoms with Gasteiger partial charge in [0.25, 0.3) is 0 Å². The Labute approximate surface area is 304 Å². The van der Waals surface area contributed by atoms with Crippen LogP contribution < -0.4 is 27.8 Å². The Morgan fingerprint density at radius 3 is 2.15 bits per heavy atom. The van der Waals surface area contributed by atoms with Crippen LogP contribution in [0.5, 0.6) is 5.75 Å². The van der Waals surface area contributed by atoms with E-state index in [1.54, 1.807) is 12.1 Å². The van der Waals surface area contributed by atoms with Crippen molar-refractivity contribution in [2.45, 2.75) is 70.9 Å². The molecule has 0 spiro atoms. The Kier molecular flexibility index (Phi) is 14.1. The molecule has 2 amide bonds. The van der Waals surface area contributed by atoms with Gasteiger partial charge >= 0.3 is 0 Å². The zero-order valence-electron chi connectivity index (χ0n) is 30.2. The number of aromatic hydroxyl groups is 1. The van der Waals surface area contributed by atoms with Crippen molar-refractivity contribution in [3.05, 3.63) is 101 Å². The summed E-state index contributed by atoms with van der Waals surface area (Å²) in [6.07, 6.45) is 3.04. The van der Waals surface area contributed by atoms with Crippen LogP contribution in [0.25, 0.3) is 10.9 Å². The van der Waals surface area contributed by atoms with Crippen LogP contribution in [0.3, 0.4) is 0 Å². The number of amides is 2. The van der Waals surface area contributed by atoms with Crippen LogP contribution in [0.4, 0.5) is 0 Å². The molecule has 0 saturated carbocycles. The number of H-pyrrole nitrogens is 1. The molecule has 276 valence electrons. The van der Waals surface area contributed by atoms with Crippen molar-refractivity contribution in [2.75, 3.05) is 13.6 Å². The van der Waals surface area contributed by atoms with Crippen LogP contribution in [0.15, 0.2) is 77.9 Å². The number of phenols is 1. The van der Waals surface area contributed by atoms with Gasteiger partial charge in [-0.15, -0.1) is 0 Å². The molecule has 0 unspecified atom stereocenters. The summed E-state index contributed by atoms with van der Waals surface area (Å²) in [4.78, 5) is 62.4. The summed E-state index contributed by atoms with van der Waals surface area (Å²) in [5.74, 6) is -2.85. The molecule has 4 rings (SSSR count). The molecule has 1 heterocycles. The Hall–Kier alpha value is -5.49. The van der Waals surface area contributed by atoms with Gasteiger partial charge in [0.05, 0.1) is 12.1 Å². The molecule has 0 saturated heterocycles. The average molecular weight is 710 g/mol. The minimum absolute atomic E-state index is 0.0466. The van der Waals surface area contributed by atoms with Crippen LogP contribution in [-0.2, 0) is 38.4 Å². The number of aromatic amines is 1. The van der Waals surface area contributed by atoms with Gasteiger partial charge in [0.2, 0.25) is 11.8 Å². The zero-order chi connectivity index (χ0) is 37.8. The summed E-state index contributed by atoms with van der Waals surface area (Å²) >= 11 is 0. The topological polar surface area (TPSA) is 219 Å². The maximum absolute atomic E-state index is 14.4. The third-order valence-electron chi connectivity index (χ3n) is 9.52. The number of ketones is 2. The minimum atomic E-state index is -0.998. The van der Waals surface area contributed by atoms with E-state index in [1.165, 1.54) is 7.05 Å². The molecule has 52 heavy (non-hydrogen) atoms. The fourth-order valence-corrected chi connectivity index (χ4v) is 6.67. The van der Waals surface area contributed by atoms with Gasteiger partial charge < -0.3 is 37.9 Å². The van der Waals surface area contributed by atoms with Crippen LogP contribution in [-0.4, -0.2) is 65.1 Å². The molecule has 12 heteroatoms. The normalized spacial score (nSPS) is 13.5. The number of nitrogens with two attached hydrogens (primary N) is 3. The Bertz CT molecular complexity index is 1860. The van der Waals surface area contributed by atoms with Crippen molar-refractivity contribution >= 4 is 40.2 Å². The first-order valence-electron chi connectivity index (χ1n) is 17.6. The second-order valence-electron chi connectivity index (χ2n) is 13.5. The second-order valence-corrected chi connectivity index (χ2v) is 13.5. The van der Waals surface area contributed by atoms with Crippen LogP contribution in [0.1, 0.15) is 53.5 Å². The predicted molar refractivity (Wildman–Crippen MR) is 204 cm³/mol. The van der Waals surface area contributed by atoms with Gasteiger partial charge in [-0.3, -0.25) is 24.2 Å². The number of aromatic nitrogens is 1. The van der Waals surface area contributed by atoms with E-state index < -0.39 is 29.8 Å². The molecule has 0 fully saturated rings. The summed E-state index contributed by atoms with van der Waals surface area (Å²) < 4.78 is 0. The number of aryl methyl sites for hydroxylation is 2. The maximum Gasteiger partial charge on any atom is 0.224 e. The second kappa shape index (κ2) is 18.7. The monoisotopic (exact) mass is 709 g/mol. The zero-order valence-corrected chi connectivity index (χ0v) is 30.2. The first-order valence-corrected chi connectivity index (χ1v) is 17.6. The number of carbonyl (C=O) groups excluding carboxylic acids is 4. The predicted octanol–water partition coefficient (Wildman–Crippen LogP) is 3.28. The molecular weight excluding hydrogens is 658 g/mol. The number of carbonyl (C=O) groups is 4. The lowest BCUT2D eigenvalue weighted by molar-refractivity contribution is -0.134. The third-order valence-corrected chi connectivity index (χ3v) is 9.52. The van der Waals surface area contributed by atoms with Gasteiger partial charge in [0, 0.05) is 61.8 Å². The molecule has 0 aliphatic rings. The number of aliphatic imine (C=N–C) groups is 1. The van der Waals surface area contributed by atoms with Crippen LogP contribution >= 0.6 is 0 Å². The van der Waals surface area contributed by atoms with Crippen molar-refractivity contribution in [3.63, 3.8) is 0 Å². The fraction of sp³-hybridized carbons (Fsp3) is 0.375. The van der Waals surface area contributed by atoms with E-state index in [2.05, 4.69) is 20.6 Å². The summed E-state index contributed by atoms with van der Waals surface area (Å²) in [6.45, 7) is 3.99. The molecular formula is C40H51N7O5. The summed E-state index contributed by atoms with van der Waals surface area (Å²) in [5.41, 5.74) is 22.1. The van der Waals surface area contributed by atoms with Crippen molar-refractivity contribution in [2.24, 2.45) is 34.0 Å². The number of guanidine groups is 1. The number of nitrogens with one attached hydrogen (secondary N) is 3. The summed E-state index contributed by atoms with van der Waals surface area (Å²) in [5, 5.41) is 16.8. The molecule has 12 nitrogen and oxygen atoms in total. The minimum Gasteiger partial charge on any atom is -0.508 e. The van der Waals surface area contributed by atoms with E-state index in [0.717, 1.165) is 38.7 Å². The van der Waals surface area contributed by atoms with Crippen molar-refractivity contribution < 1.29 is 24.3 Å². The molecule has 4 aromatic rings. The number of para-hydroxylation sites is 1. The van der Waals surface area contributed by atoms with E-state index in [-0.39, 0.29) is 54.9 Å². The SMILES string of the molecule is CNC(=O)[C@@H](CC(=O)[C@H](Cc1c[nH]c2ccccc12)NC(=O)[C@@H](CC(=O)[C@H](N)CCCN=C(N)N)Cc1c(C)cc(O)cc1C)Cc1ccccc1. The highest BCUT2D eigenvalue weighted by Gasteiger charge is 2.32. The molecule has 3 aromatic carbocycles. The summed E-state index contributed by atoms with van der Waals surface area (Å²) in [7, 11) is 1.54. The molecule has 0 radical (unpaired) electrons. The van der Waals surface area contributed by atoms with E-state index in [4.69, 9.17) is 17.2 Å². The Morgan fingerprint density at radius 1 is 0.846 bits per heavy atom. The number of Topliss-reactive ketones (excluding diaryl/α,β-unsaturated/α-hetero) is 2. The van der Waals surface area contributed by atoms with Crippen LogP contribution in [0, 0.1) is 25.7 Å². The number of hydrogen-bond acceptors (Lipinski definition) is 7. The Balaban J connectivity index is 1.64. The van der Waals surface area contributed by atoms with Crippen molar-refractivity contribution in [1.82, 2.24) is 15.6 Å². The number of phenolic OH excluding ortho intramolecular Hbond substituents is 1. The quantitative estimate of drug-likeness (QED) is 0.0434.